The summed E-state index contributed by atoms with van der Waals surface area (Å²) in [5, 5.41) is 2.84. The Morgan fingerprint density at radius 1 is 0.958 bits per heavy atom. The second-order valence-electron chi connectivity index (χ2n) is 5.64. The van der Waals surface area contributed by atoms with E-state index < -0.39 is 0 Å². The summed E-state index contributed by atoms with van der Waals surface area (Å²) >= 11 is 0. The van der Waals surface area contributed by atoms with Crippen molar-refractivity contribution in [1.82, 2.24) is 5.32 Å². The van der Waals surface area contributed by atoms with Gasteiger partial charge in [0.15, 0.2) is 12.4 Å². The number of nitrogens with one attached hydrogen (secondary N) is 1. The number of carbonyl (C=O) groups is 2. The molecule has 0 radical (unpaired) electrons. The van der Waals surface area contributed by atoms with Crippen LogP contribution in [-0.4, -0.2) is 24.8 Å². The summed E-state index contributed by atoms with van der Waals surface area (Å²) in [5.41, 5.74) is 3.14. The minimum absolute atomic E-state index is 0.00580. The van der Waals surface area contributed by atoms with Crippen LogP contribution in [0.5, 0.6) is 5.75 Å². The van der Waals surface area contributed by atoms with Gasteiger partial charge in [-0.25, -0.2) is 0 Å². The molecule has 2 aromatic rings. The van der Waals surface area contributed by atoms with E-state index in [-0.39, 0.29) is 18.3 Å². The highest BCUT2D eigenvalue weighted by Crippen LogP contribution is 2.12. The maximum Gasteiger partial charge on any atom is 0.257 e. The van der Waals surface area contributed by atoms with Crippen molar-refractivity contribution in [3.8, 4) is 5.75 Å². The maximum atomic E-state index is 11.8. The molecule has 1 N–H and O–H groups in total. The average molecular weight is 325 g/mol. The number of aryl methyl sites for hydroxylation is 1. The molecule has 0 unspecified atom stereocenters. The van der Waals surface area contributed by atoms with E-state index in [0.717, 1.165) is 12.8 Å². The van der Waals surface area contributed by atoms with Crippen molar-refractivity contribution in [3.63, 3.8) is 0 Å². The van der Waals surface area contributed by atoms with Crippen LogP contribution in [0.15, 0.2) is 48.5 Å². The second kappa shape index (κ2) is 8.87. The van der Waals surface area contributed by atoms with E-state index in [4.69, 9.17) is 4.74 Å². The largest absolute Gasteiger partial charge is 0.484 e. The molecule has 0 saturated carbocycles. The van der Waals surface area contributed by atoms with Crippen LogP contribution in [0.2, 0.25) is 0 Å². The quantitative estimate of drug-likeness (QED) is 0.758. The normalized spacial score (nSPS) is 10.2. The van der Waals surface area contributed by atoms with Crippen molar-refractivity contribution in [2.24, 2.45) is 0 Å². The number of ether oxygens (including phenoxy) is 1. The summed E-state index contributed by atoms with van der Waals surface area (Å²) in [6, 6.07) is 15.2. The monoisotopic (exact) mass is 325 g/mol. The van der Waals surface area contributed by atoms with Crippen LogP contribution in [-0.2, 0) is 17.6 Å². The molecule has 4 heteroatoms. The van der Waals surface area contributed by atoms with Gasteiger partial charge in [-0.2, -0.15) is 0 Å². The Morgan fingerprint density at radius 2 is 1.58 bits per heavy atom. The number of amides is 1. The number of ketones is 1. The zero-order chi connectivity index (χ0) is 17.4. The zero-order valence-electron chi connectivity index (χ0n) is 14.2. The predicted molar refractivity (Wildman–Crippen MR) is 94.5 cm³/mol. The molecule has 0 spiro atoms. The van der Waals surface area contributed by atoms with E-state index in [1.54, 1.807) is 24.3 Å². The van der Waals surface area contributed by atoms with Crippen molar-refractivity contribution in [2.75, 3.05) is 13.2 Å². The Hall–Kier alpha value is -2.62. The molecule has 2 aromatic carbocycles. The molecule has 0 aliphatic carbocycles. The molecule has 126 valence electrons. The average Bonchev–Trinajstić information content (AvgIpc) is 2.61. The third-order valence-electron chi connectivity index (χ3n) is 3.80. The lowest BCUT2D eigenvalue weighted by Crippen LogP contribution is -2.30. The predicted octanol–water partition coefficient (Wildman–Crippen LogP) is 3.19. The Morgan fingerprint density at radius 3 is 2.17 bits per heavy atom. The van der Waals surface area contributed by atoms with Gasteiger partial charge in [0.1, 0.15) is 5.75 Å². The second-order valence-corrected chi connectivity index (χ2v) is 5.64. The lowest BCUT2D eigenvalue weighted by atomic mass is 10.1. The first-order chi connectivity index (χ1) is 11.6. The molecule has 0 aliphatic rings. The van der Waals surface area contributed by atoms with Gasteiger partial charge in [0.05, 0.1) is 0 Å². The van der Waals surface area contributed by atoms with Gasteiger partial charge in [0.2, 0.25) is 0 Å². The van der Waals surface area contributed by atoms with Crippen LogP contribution < -0.4 is 10.1 Å². The van der Waals surface area contributed by atoms with Gasteiger partial charge in [-0.15, -0.1) is 0 Å². The van der Waals surface area contributed by atoms with Gasteiger partial charge >= 0.3 is 0 Å². The number of rotatable bonds is 8. The van der Waals surface area contributed by atoms with E-state index >= 15 is 0 Å². The van der Waals surface area contributed by atoms with Crippen molar-refractivity contribution in [1.29, 1.82) is 0 Å². The fraction of sp³-hybridized carbons (Fsp3) is 0.300. The first-order valence-electron chi connectivity index (χ1n) is 8.17. The smallest absolute Gasteiger partial charge is 0.257 e. The van der Waals surface area contributed by atoms with Crippen molar-refractivity contribution >= 4 is 11.7 Å². The molecule has 0 aromatic heterocycles. The van der Waals surface area contributed by atoms with Crippen LogP contribution in [0, 0.1) is 0 Å². The third kappa shape index (κ3) is 5.54. The molecule has 1 amide bonds. The maximum absolute atomic E-state index is 11.8. The molecule has 4 nitrogen and oxygen atoms in total. The number of carbonyl (C=O) groups excluding carboxylic acids is 2. The lowest BCUT2D eigenvalue weighted by molar-refractivity contribution is -0.123. The van der Waals surface area contributed by atoms with Crippen LogP contribution >= 0.6 is 0 Å². The van der Waals surface area contributed by atoms with Crippen molar-refractivity contribution < 1.29 is 14.3 Å². The van der Waals surface area contributed by atoms with Crippen LogP contribution in [0.4, 0.5) is 0 Å². The minimum atomic E-state index is -0.157. The summed E-state index contributed by atoms with van der Waals surface area (Å²) in [6.45, 7) is 4.19. The van der Waals surface area contributed by atoms with E-state index in [1.165, 1.54) is 18.1 Å². The van der Waals surface area contributed by atoms with Crippen LogP contribution in [0.25, 0.3) is 0 Å². The first-order valence-corrected chi connectivity index (χ1v) is 8.17. The fourth-order valence-electron chi connectivity index (χ4n) is 2.27. The summed E-state index contributed by atoms with van der Waals surface area (Å²) < 4.78 is 5.41. The standard InChI is InChI=1S/C20H23NO3/c1-3-16-4-6-17(7-5-16)12-13-21-20(23)14-24-19-10-8-18(9-11-19)15(2)22/h4-11H,3,12-14H2,1-2H3,(H,21,23). The molecular formula is C20H23NO3. The SMILES string of the molecule is CCc1ccc(CCNC(=O)COc2ccc(C(C)=O)cc2)cc1. The summed E-state index contributed by atoms with van der Waals surface area (Å²) in [5.74, 6) is 0.424. The Labute approximate surface area is 142 Å². The van der Waals surface area contributed by atoms with E-state index in [2.05, 4.69) is 36.5 Å². The van der Waals surface area contributed by atoms with Gasteiger partial charge < -0.3 is 10.1 Å². The molecule has 0 aliphatic heterocycles. The van der Waals surface area contributed by atoms with Gasteiger partial charge in [0.25, 0.3) is 5.91 Å². The third-order valence-corrected chi connectivity index (χ3v) is 3.80. The highest BCUT2D eigenvalue weighted by Gasteiger charge is 2.04. The molecule has 0 heterocycles. The Balaban J connectivity index is 1.70. The summed E-state index contributed by atoms with van der Waals surface area (Å²) in [4.78, 5) is 23.0. The minimum Gasteiger partial charge on any atom is -0.484 e. The zero-order valence-corrected chi connectivity index (χ0v) is 14.2. The lowest BCUT2D eigenvalue weighted by Gasteiger charge is -2.08. The number of benzene rings is 2. The topological polar surface area (TPSA) is 55.4 Å². The molecule has 0 atom stereocenters. The van der Waals surface area contributed by atoms with E-state index in [9.17, 15) is 9.59 Å². The molecule has 0 bridgehead atoms. The Kier molecular flexibility index (Phi) is 6.55. The number of hydrogen-bond donors (Lipinski definition) is 1. The fourth-order valence-corrected chi connectivity index (χ4v) is 2.27. The number of hydrogen-bond acceptors (Lipinski definition) is 3. The van der Waals surface area contributed by atoms with Gasteiger partial charge in [-0.1, -0.05) is 31.2 Å². The highest BCUT2D eigenvalue weighted by atomic mass is 16.5. The van der Waals surface area contributed by atoms with Crippen molar-refractivity contribution in [2.45, 2.75) is 26.7 Å². The van der Waals surface area contributed by atoms with Crippen LogP contribution in [0.3, 0.4) is 0 Å². The molecule has 0 saturated heterocycles. The summed E-state index contributed by atoms with van der Waals surface area (Å²) in [6.07, 6.45) is 1.82. The van der Waals surface area contributed by atoms with Gasteiger partial charge in [-0.05, 0) is 55.2 Å². The summed E-state index contributed by atoms with van der Waals surface area (Å²) in [7, 11) is 0. The molecular weight excluding hydrogens is 302 g/mol. The molecule has 0 fully saturated rings. The van der Waals surface area contributed by atoms with E-state index in [0.29, 0.717) is 17.9 Å². The van der Waals surface area contributed by atoms with Gasteiger partial charge in [-0.3, -0.25) is 9.59 Å². The van der Waals surface area contributed by atoms with Crippen LogP contribution in [0.1, 0.15) is 35.3 Å². The first kappa shape index (κ1) is 17.7. The molecule has 24 heavy (non-hydrogen) atoms. The number of Topliss-reactive ketones (excluding diaryl/α,β-unsaturated/α-hetero) is 1. The molecule has 2 rings (SSSR count). The highest BCUT2D eigenvalue weighted by molar-refractivity contribution is 5.94. The van der Waals surface area contributed by atoms with Crippen molar-refractivity contribution in [3.05, 3.63) is 65.2 Å². The Bertz CT molecular complexity index is 675. The van der Waals surface area contributed by atoms with E-state index in [1.807, 2.05) is 0 Å². The van der Waals surface area contributed by atoms with Gasteiger partial charge in [0, 0.05) is 12.1 Å².